The van der Waals surface area contributed by atoms with Gasteiger partial charge in [0.15, 0.2) is 0 Å². The van der Waals surface area contributed by atoms with Gasteiger partial charge in [0, 0.05) is 22.9 Å². The lowest BCUT2D eigenvalue weighted by Gasteiger charge is -2.10. The van der Waals surface area contributed by atoms with Crippen molar-refractivity contribution >= 4 is 17.5 Å². The molecule has 0 aliphatic heterocycles. The van der Waals surface area contributed by atoms with E-state index < -0.39 is 0 Å². The first kappa shape index (κ1) is 16.9. The summed E-state index contributed by atoms with van der Waals surface area (Å²) in [5, 5.41) is 16.9. The molecule has 3 aromatic rings. The van der Waals surface area contributed by atoms with Crippen LogP contribution in [0.25, 0.3) is 5.69 Å². The summed E-state index contributed by atoms with van der Waals surface area (Å²) in [5.74, 6) is -0.364. The van der Waals surface area contributed by atoms with E-state index in [1.54, 1.807) is 47.1 Å². The fraction of sp³-hybridized carbons (Fsp3) is 0.211. The highest BCUT2D eigenvalue weighted by atomic mass is 16.2. The molecule has 4 rings (SSSR count). The second kappa shape index (κ2) is 6.99. The normalized spacial score (nSPS) is 13.2. The minimum Gasteiger partial charge on any atom is -0.349 e. The fourth-order valence-corrected chi connectivity index (χ4v) is 2.76. The number of nitrogens with zero attached hydrogens (tertiary/aromatic N) is 4. The number of aryl methyl sites for hydroxylation is 1. The molecule has 27 heavy (non-hydrogen) atoms. The summed E-state index contributed by atoms with van der Waals surface area (Å²) in [6.45, 7) is 1.89. The van der Waals surface area contributed by atoms with Gasteiger partial charge in [0.05, 0.1) is 5.69 Å². The van der Waals surface area contributed by atoms with Crippen molar-refractivity contribution in [2.24, 2.45) is 0 Å². The molecule has 0 spiro atoms. The second-order valence-corrected chi connectivity index (χ2v) is 6.54. The number of hydrogen-bond acceptors (Lipinski definition) is 5. The van der Waals surface area contributed by atoms with Crippen molar-refractivity contribution in [2.75, 3.05) is 5.32 Å². The molecular formula is C19H18N6O2. The number of amides is 2. The quantitative estimate of drug-likeness (QED) is 0.724. The molecule has 2 amide bonds. The third-order valence-electron chi connectivity index (χ3n) is 4.35. The first-order chi connectivity index (χ1) is 13.1. The largest absolute Gasteiger partial charge is 0.349 e. The van der Waals surface area contributed by atoms with E-state index in [0.717, 1.165) is 24.1 Å². The van der Waals surface area contributed by atoms with Crippen LogP contribution in [-0.2, 0) is 0 Å². The van der Waals surface area contributed by atoms with Crippen LogP contribution < -0.4 is 10.6 Å². The smallest absolute Gasteiger partial charge is 0.255 e. The number of hydrogen-bond donors (Lipinski definition) is 2. The zero-order valence-electron chi connectivity index (χ0n) is 14.7. The highest BCUT2D eigenvalue weighted by molar-refractivity contribution is 6.05. The maximum absolute atomic E-state index is 12.6. The zero-order chi connectivity index (χ0) is 18.8. The first-order valence-corrected chi connectivity index (χ1v) is 8.66. The van der Waals surface area contributed by atoms with E-state index in [1.807, 2.05) is 6.92 Å². The van der Waals surface area contributed by atoms with Crippen LogP contribution in [0.5, 0.6) is 0 Å². The molecule has 8 nitrogen and oxygen atoms in total. The lowest BCUT2D eigenvalue weighted by molar-refractivity contribution is 0.0949. The third kappa shape index (κ3) is 3.84. The van der Waals surface area contributed by atoms with Crippen LogP contribution in [0.4, 0.5) is 5.69 Å². The van der Waals surface area contributed by atoms with E-state index in [9.17, 15) is 9.59 Å². The Morgan fingerprint density at radius 2 is 1.89 bits per heavy atom. The van der Waals surface area contributed by atoms with Gasteiger partial charge in [0.1, 0.15) is 6.33 Å². The molecular weight excluding hydrogens is 344 g/mol. The molecule has 0 atom stereocenters. The summed E-state index contributed by atoms with van der Waals surface area (Å²) < 4.78 is 1.54. The Labute approximate surface area is 155 Å². The number of carbonyl (C=O) groups excluding carboxylic acids is 2. The van der Waals surface area contributed by atoms with Crippen molar-refractivity contribution in [3.63, 3.8) is 0 Å². The Morgan fingerprint density at radius 3 is 2.59 bits per heavy atom. The number of anilines is 1. The summed E-state index contributed by atoms with van der Waals surface area (Å²) in [7, 11) is 0. The standard InChI is InChI=1S/C19H18N6O2/c1-12-9-14(5-8-17(12)25-11-20-23-24-25)19(27)22-16-4-2-3-13(10-16)18(26)21-15-6-7-15/h2-5,8-11,15H,6-7H2,1H3,(H,21,26)(H,22,27). The van der Waals surface area contributed by atoms with E-state index in [2.05, 4.69) is 26.2 Å². The van der Waals surface area contributed by atoms with Gasteiger partial charge in [-0.2, -0.15) is 0 Å². The lowest BCUT2D eigenvalue weighted by atomic mass is 10.1. The van der Waals surface area contributed by atoms with Crippen molar-refractivity contribution in [2.45, 2.75) is 25.8 Å². The van der Waals surface area contributed by atoms with E-state index >= 15 is 0 Å². The molecule has 0 bridgehead atoms. The number of rotatable bonds is 5. The van der Waals surface area contributed by atoms with Gasteiger partial charge in [-0.1, -0.05) is 6.07 Å². The molecule has 1 saturated carbocycles. The van der Waals surface area contributed by atoms with Gasteiger partial charge in [-0.25, -0.2) is 4.68 Å². The van der Waals surface area contributed by atoms with E-state index in [1.165, 1.54) is 6.33 Å². The molecule has 1 aliphatic carbocycles. The van der Waals surface area contributed by atoms with Crippen LogP contribution in [0, 0.1) is 6.92 Å². The molecule has 136 valence electrons. The molecule has 2 N–H and O–H groups in total. The van der Waals surface area contributed by atoms with Gasteiger partial charge in [0.25, 0.3) is 11.8 Å². The molecule has 2 aromatic carbocycles. The minimum atomic E-state index is -0.249. The Bertz CT molecular complexity index is 995. The van der Waals surface area contributed by atoms with Gasteiger partial charge in [-0.3, -0.25) is 9.59 Å². The Morgan fingerprint density at radius 1 is 1.07 bits per heavy atom. The van der Waals surface area contributed by atoms with E-state index in [-0.39, 0.29) is 17.9 Å². The molecule has 1 fully saturated rings. The van der Waals surface area contributed by atoms with Crippen LogP contribution in [0.3, 0.4) is 0 Å². The molecule has 1 aromatic heterocycles. The van der Waals surface area contributed by atoms with Crippen molar-refractivity contribution in [3.05, 3.63) is 65.5 Å². The molecule has 0 saturated heterocycles. The van der Waals surface area contributed by atoms with Gasteiger partial charge in [-0.05, 0) is 72.2 Å². The first-order valence-electron chi connectivity index (χ1n) is 8.66. The van der Waals surface area contributed by atoms with Crippen LogP contribution in [-0.4, -0.2) is 38.1 Å². The summed E-state index contributed by atoms with van der Waals surface area (Å²) >= 11 is 0. The van der Waals surface area contributed by atoms with Crippen LogP contribution in [0.2, 0.25) is 0 Å². The average molecular weight is 362 g/mol. The summed E-state index contributed by atoms with van der Waals surface area (Å²) in [4.78, 5) is 24.7. The topological polar surface area (TPSA) is 102 Å². The van der Waals surface area contributed by atoms with Crippen LogP contribution in [0.15, 0.2) is 48.8 Å². The van der Waals surface area contributed by atoms with Gasteiger partial charge < -0.3 is 10.6 Å². The van der Waals surface area contributed by atoms with E-state index in [4.69, 9.17) is 0 Å². The molecule has 1 heterocycles. The van der Waals surface area contributed by atoms with Crippen molar-refractivity contribution in [1.82, 2.24) is 25.5 Å². The molecule has 8 heteroatoms. The van der Waals surface area contributed by atoms with Gasteiger partial charge in [0.2, 0.25) is 0 Å². The summed E-state index contributed by atoms with van der Waals surface area (Å²) in [6, 6.07) is 12.5. The van der Waals surface area contributed by atoms with Crippen molar-refractivity contribution in [3.8, 4) is 5.69 Å². The predicted octanol–water partition coefficient (Wildman–Crippen LogP) is 2.12. The Hall–Kier alpha value is -3.55. The van der Waals surface area contributed by atoms with Gasteiger partial charge >= 0.3 is 0 Å². The number of aromatic nitrogens is 4. The highest BCUT2D eigenvalue weighted by Gasteiger charge is 2.23. The number of tetrazole rings is 1. The summed E-state index contributed by atoms with van der Waals surface area (Å²) in [6.07, 6.45) is 3.56. The maximum Gasteiger partial charge on any atom is 0.255 e. The Kier molecular flexibility index (Phi) is 4.37. The summed E-state index contributed by atoms with van der Waals surface area (Å²) in [5.41, 5.74) is 3.29. The molecule has 0 unspecified atom stereocenters. The number of benzene rings is 2. The number of nitrogens with one attached hydrogen (secondary N) is 2. The zero-order valence-corrected chi connectivity index (χ0v) is 14.7. The minimum absolute atomic E-state index is 0.116. The monoisotopic (exact) mass is 362 g/mol. The maximum atomic E-state index is 12.6. The van der Waals surface area contributed by atoms with Crippen molar-refractivity contribution < 1.29 is 9.59 Å². The fourth-order valence-electron chi connectivity index (χ4n) is 2.76. The third-order valence-corrected chi connectivity index (χ3v) is 4.35. The van der Waals surface area contributed by atoms with Crippen LogP contribution in [0.1, 0.15) is 39.1 Å². The predicted molar refractivity (Wildman–Crippen MR) is 98.8 cm³/mol. The highest BCUT2D eigenvalue weighted by Crippen LogP contribution is 2.20. The Balaban J connectivity index is 1.49. The van der Waals surface area contributed by atoms with Crippen LogP contribution >= 0.6 is 0 Å². The molecule has 1 aliphatic rings. The average Bonchev–Trinajstić information content (AvgIpc) is 3.31. The van der Waals surface area contributed by atoms with E-state index in [0.29, 0.717) is 16.8 Å². The van der Waals surface area contributed by atoms with Crippen molar-refractivity contribution in [1.29, 1.82) is 0 Å². The second-order valence-electron chi connectivity index (χ2n) is 6.54. The lowest BCUT2D eigenvalue weighted by Crippen LogP contribution is -2.25. The number of carbonyl (C=O) groups is 2. The van der Waals surface area contributed by atoms with Gasteiger partial charge in [-0.15, -0.1) is 5.10 Å². The molecule has 0 radical (unpaired) electrons. The SMILES string of the molecule is Cc1cc(C(=O)Nc2cccc(C(=O)NC3CC3)c2)ccc1-n1cnnn1.